The van der Waals surface area contributed by atoms with Crippen molar-refractivity contribution < 1.29 is 0 Å². The fourth-order valence-electron chi connectivity index (χ4n) is 3.11. The van der Waals surface area contributed by atoms with Gasteiger partial charge in [-0.1, -0.05) is 31.2 Å². The van der Waals surface area contributed by atoms with Gasteiger partial charge in [0.2, 0.25) is 0 Å². The van der Waals surface area contributed by atoms with Crippen LogP contribution in [0, 0.1) is 5.92 Å². The molecule has 3 nitrogen and oxygen atoms in total. The van der Waals surface area contributed by atoms with Crippen LogP contribution in [-0.2, 0) is 12.8 Å². The Bertz CT molecular complexity index is 528. The van der Waals surface area contributed by atoms with E-state index in [4.69, 9.17) is 0 Å². The average molecular weight is 267 g/mol. The monoisotopic (exact) mass is 267 g/mol. The number of aromatic nitrogens is 2. The lowest BCUT2D eigenvalue weighted by Crippen LogP contribution is -2.30. The maximum atomic E-state index is 4.51. The van der Waals surface area contributed by atoms with Crippen LogP contribution >= 0.6 is 0 Å². The molecule has 1 aliphatic carbocycles. The molecule has 0 saturated carbocycles. The van der Waals surface area contributed by atoms with Crippen molar-refractivity contribution in [2.75, 3.05) is 6.54 Å². The number of benzene rings is 1. The van der Waals surface area contributed by atoms with Crippen molar-refractivity contribution in [3.63, 3.8) is 0 Å². The third-order valence-corrected chi connectivity index (χ3v) is 4.07. The van der Waals surface area contributed by atoms with E-state index in [1.165, 1.54) is 11.1 Å². The number of nitrogens with zero attached hydrogens (tertiary/aromatic N) is 2. The highest BCUT2D eigenvalue weighted by atomic mass is 15.0. The van der Waals surface area contributed by atoms with E-state index in [9.17, 15) is 0 Å². The fourth-order valence-corrected chi connectivity index (χ4v) is 3.11. The predicted molar refractivity (Wildman–Crippen MR) is 80.4 cm³/mol. The minimum atomic E-state index is 0.302. The van der Waals surface area contributed by atoms with Gasteiger partial charge in [-0.05, 0) is 42.9 Å². The molecule has 1 unspecified atom stereocenters. The van der Waals surface area contributed by atoms with E-state index in [0.29, 0.717) is 12.0 Å². The number of nitrogens with one attached hydrogen (secondary N) is 1. The Hall–Kier alpha value is -1.74. The molecule has 0 spiro atoms. The standard InChI is InChI=1S/C17H21N3/c1-2-7-20-17(16-12-18-8-9-19-16)15-10-13-5-3-4-6-14(13)11-15/h3-6,8-9,12,15,17,20H,2,7,10-11H2,1H3. The largest absolute Gasteiger partial charge is 0.308 e. The van der Waals surface area contributed by atoms with Gasteiger partial charge in [-0.2, -0.15) is 0 Å². The van der Waals surface area contributed by atoms with Gasteiger partial charge in [0.25, 0.3) is 0 Å². The summed E-state index contributed by atoms with van der Waals surface area (Å²) in [5, 5.41) is 3.66. The number of hydrogen-bond acceptors (Lipinski definition) is 3. The first-order chi connectivity index (χ1) is 9.88. The third kappa shape index (κ3) is 2.73. The lowest BCUT2D eigenvalue weighted by molar-refractivity contribution is 0.366. The molecule has 1 aliphatic rings. The topological polar surface area (TPSA) is 37.8 Å². The van der Waals surface area contributed by atoms with Gasteiger partial charge in [-0.15, -0.1) is 0 Å². The van der Waals surface area contributed by atoms with Gasteiger partial charge in [0.15, 0.2) is 0 Å². The molecule has 0 saturated heterocycles. The van der Waals surface area contributed by atoms with Crippen molar-refractivity contribution in [3.05, 3.63) is 59.7 Å². The summed E-state index contributed by atoms with van der Waals surface area (Å²) in [5.74, 6) is 0.579. The molecule has 0 fully saturated rings. The molecule has 0 amide bonds. The van der Waals surface area contributed by atoms with Crippen molar-refractivity contribution >= 4 is 0 Å². The summed E-state index contributed by atoms with van der Waals surface area (Å²) >= 11 is 0. The molecule has 1 N–H and O–H groups in total. The fraction of sp³-hybridized carbons (Fsp3) is 0.412. The summed E-state index contributed by atoms with van der Waals surface area (Å²) in [6.07, 6.45) is 8.83. The number of hydrogen-bond donors (Lipinski definition) is 1. The van der Waals surface area contributed by atoms with Gasteiger partial charge in [0.1, 0.15) is 0 Å². The van der Waals surface area contributed by atoms with Crippen LogP contribution in [-0.4, -0.2) is 16.5 Å². The zero-order valence-electron chi connectivity index (χ0n) is 11.9. The number of rotatable bonds is 5. The van der Waals surface area contributed by atoms with Crippen molar-refractivity contribution in [2.45, 2.75) is 32.2 Å². The minimum Gasteiger partial charge on any atom is -0.308 e. The van der Waals surface area contributed by atoms with Crippen LogP contribution < -0.4 is 5.32 Å². The van der Waals surface area contributed by atoms with Crippen LogP contribution in [0.4, 0.5) is 0 Å². The summed E-state index contributed by atoms with van der Waals surface area (Å²) in [4.78, 5) is 8.75. The predicted octanol–water partition coefficient (Wildman–Crippen LogP) is 2.93. The van der Waals surface area contributed by atoms with Gasteiger partial charge in [-0.3, -0.25) is 9.97 Å². The second kappa shape index (κ2) is 6.14. The summed E-state index contributed by atoms with van der Waals surface area (Å²) in [7, 11) is 0. The van der Waals surface area contributed by atoms with Crippen LogP contribution in [0.5, 0.6) is 0 Å². The van der Waals surface area contributed by atoms with Gasteiger partial charge in [0.05, 0.1) is 11.7 Å². The van der Waals surface area contributed by atoms with Gasteiger partial charge < -0.3 is 5.32 Å². The first-order valence-electron chi connectivity index (χ1n) is 7.44. The van der Waals surface area contributed by atoms with E-state index in [-0.39, 0.29) is 0 Å². The van der Waals surface area contributed by atoms with E-state index in [1.54, 1.807) is 12.4 Å². The molecule has 1 heterocycles. The summed E-state index contributed by atoms with van der Waals surface area (Å²) in [6, 6.07) is 9.08. The van der Waals surface area contributed by atoms with Crippen molar-refractivity contribution in [2.24, 2.45) is 5.92 Å². The molecule has 1 aromatic carbocycles. The Morgan fingerprint density at radius 1 is 1.20 bits per heavy atom. The SMILES string of the molecule is CCCNC(c1cnccn1)C1Cc2ccccc2C1. The van der Waals surface area contributed by atoms with E-state index in [1.807, 2.05) is 6.20 Å². The highest BCUT2D eigenvalue weighted by Crippen LogP contribution is 2.34. The summed E-state index contributed by atoms with van der Waals surface area (Å²) in [5.41, 5.74) is 4.05. The Balaban J connectivity index is 1.81. The molecule has 0 aliphatic heterocycles. The molecule has 3 rings (SSSR count). The van der Waals surface area contributed by atoms with Crippen LogP contribution in [0.25, 0.3) is 0 Å². The van der Waals surface area contributed by atoms with E-state index in [2.05, 4.69) is 46.5 Å². The quantitative estimate of drug-likeness (QED) is 0.905. The van der Waals surface area contributed by atoms with Crippen LogP contribution in [0.15, 0.2) is 42.9 Å². The van der Waals surface area contributed by atoms with Crippen LogP contribution in [0.2, 0.25) is 0 Å². The second-order valence-corrected chi connectivity index (χ2v) is 5.50. The Labute approximate surface area is 120 Å². The maximum Gasteiger partial charge on any atom is 0.0759 e. The highest BCUT2D eigenvalue weighted by molar-refractivity contribution is 5.33. The van der Waals surface area contributed by atoms with E-state index >= 15 is 0 Å². The first-order valence-corrected chi connectivity index (χ1v) is 7.44. The normalized spacial score (nSPS) is 16.1. The van der Waals surface area contributed by atoms with Gasteiger partial charge >= 0.3 is 0 Å². The Kier molecular flexibility index (Phi) is 4.07. The smallest absolute Gasteiger partial charge is 0.0759 e. The lowest BCUT2D eigenvalue weighted by Gasteiger charge is -2.24. The Morgan fingerprint density at radius 2 is 1.95 bits per heavy atom. The molecular weight excluding hydrogens is 246 g/mol. The van der Waals surface area contributed by atoms with Gasteiger partial charge in [-0.25, -0.2) is 0 Å². The number of fused-ring (bicyclic) bond motifs is 1. The molecule has 0 bridgehead atoms. The minimum absolute atomic E-state index is 0.302. The van der Waals surface area contributed by atoms with Crippen LogP contribution in [0.1, 0.15) is 36.2 Å². The zero-order chi connectivity index (χ0) is 13.8. The first kappa shape index (κ1) is 13.3. The van der Waals surface area contributed by atoms with E-state index in [0.717, 1.165) is 31.5 Å². The molecule has 0 radical (unpaired) electrons. The third-order valence-electron chi connectivity index (χ3n) is 4.07. The molecule has 3 heteroatoms. The molecule has 1 atom stereocenters. The van der Waals surface area contributed by atoms with E-state index < -0.39 is 0 Å². The van der Waals surface area contributed by atoms with Gasteiger partial charge in [0, 0.05) is 18.6 Å². The highest BCUT2D eigenvalue weighted by Gasteiger charge is 2.29. The second-order valence-electron chi connectivity index (χ2n) is 5.50. The molecule has 1 aromatic heterocycles. The zero-order valence-corrected chi connectivity index (χ0v) is 11.9. The molecule has 104 valence electrons. The molecule has 20 heavy (non-hydrogen) atoms. The Morgan fingerprint density at radius 3 is 2.55 bits per heavy atom. The molecular formula is C17H21N3. The summed E-state index contributed by atoms with van der Waals surface area (Å²) < 4.78 is 0. The lowest BCUT2D eigenvalue weighted by atomic mass is 9.94. The molecule has 2 aromatic rings. The van der Waals surface area contributed by atoms with Crippen LogP contribution in [0.3, 0.4) is 0 Å². The average Bonchev–Trinajstić information content (AvgIpc) is 2.92. The summed E-state index contributed by atoms with van der Waals surface area (Å²) in [6.45, 7) is 3.22. The van der Waals surface area contributed by atoms with Crippen molar-refractivity contribution in [1.82, 2.24) is 15.3 Å². The van der Waals surface area contributed by atoms with Crippen molar-refractivity contribution in [1.29, 1.82) is 0 Å². The maximum absolute atomic E-state index is 4.51. The van der Waals surface area contributed by atoms with Crippen molar-refractivity contribution in [3.8, 4) is 0 Å².